The first-order chi connectivity index (χ1) is 14.4. The summed E-state index contributed by atoms with van der Waals surface area (Å²) in [6.45, 7) is 7.44. The maximum atomic E-state index is 14.6. The van der Waals surface area contributed by atoms with Crippen molar-refractivity contribution in [2.45, 2.75) is 70.4 Å². The lowest BCUT2D eigenvalue weighted by atomic mass is 9.72. The summed E-state index contributed by atoms with van der Waals surface area (Å²) in [5, 5.41) is 10.1. The van der Waals surface area contributed by atoms with Gasteiger partial charge in [0.2, 0.25) is 0 Å². The van der Waals surface area contributed by atoms with Gasteiger partial charge in [-0.1, -0.05) is 36.4 Å². The van der Waals surface area contributed by atoms with Gasteiger partial charge in [0.15, 0.2) is 0 Å². The molecule has 30 heavy (non-hydrogen) atoms. The van der Waals surface area contributed by atoms with Gasteiger partial charge in [0.05, 0.1) is 11.5 Å². The lowest BCUT2D eigenvalue weighted by Gasteiger charge is -2.35. The van der Waals surface area contributed by atoms with E-state index in [2.05, 4.69) is 56.0 Å². The first-order valence-electron chi connectivity index (χ1n) is 11.0. The van der Waals surface area contributed by atoms with E-state index in [-0.39, 0.29) is 17.5 Å². The number of rotatable bonds is 10. The summed E-state index contributed by atoms with van der Waals surface area (Å²) in [5.41, 5.74) is 0.196. The molecule has 1 fully saturated rings. The number of nitrogens with zero attached hydrogens (tertiary/aromatic N) is 2. The molecule has 0 heterocycles. The van der Waals surface area contributed by atoms with Crippen LogP contribution in [0, 0.1) is 28.9 Å². The number of hydrogen-bond acceptors (Lipinski definition) is 2. The van der Waals surface area contributed by atoms with E-state index in [0.717, 1.165) is 32.2 Å². The normalized spacial score (nSPS) is 17.0. The fourth-order valence-corrected chi connectivity index (χ4v) is 4.73. The van der Waals surface area contributed by atoms with Crippen LogP contribution in [0.4, 0.5) is 8.78 Å². The lowest BCUT2D eigenvalue weighted by Crippen LogP contribution is -2.41. The number of hydrogen-bond donors (Lipinski definition) is 0. The predicted octanol–water partition coefficient (Wildman–Crippen LogP) is 6.26. The molecule has 0 aromatic heterocycles. The zero-order valence-electron chi connectivity index (χ0n) is 18.2. The monoisotopic (exact) mass is 410 g/mol. The smallest absolute Gasteiger partial charge is 0.130 e. The molecular formula is C26H32F2N2. The summed E-state index contributed by atoms with van der Waals surface area (Å²) in [5.74, 6) is -1.15. The van der Waals surface area contributed by atoms with Crippen LogP contribution in [-0.2, 0) is 11.8 Å². The number of halogens is 2. The molecule has 0 radical (unpaired) electrons. The Bertz CT molecular complexity index is 850. The van der Waals surface area contributed by atoms with Crippen molar-refractivity contribution in [2.75, 3.05) is 6.54 Å². The second kappa shape index (κ2) is 9.71. The molecule has 1 saturated carbocycles. The molecule has 0 N–H and O–H groups in total. The van der Waals surface area contributed by atoms with Crippen molar-refractivity contribution < 1.29 is 8.78 Å². The third kappa shape index (κ3) is 4.90. The van der Waals surface area contributed by atoms with Gasteiger partial charge in [-0.05, 0) is 76.5 Å². The largest absolute Gasteiger partial charge is 0.298 e. The van der Waals surface area contributed by atoms with Crippen LogP contribution in [-0.4, -0.2) is 23.5 Å². The Morgan fingerprint density at radius 2 is 1.67 bits per heavy atom. The Hall–Kier alpha value is -2.25. The third-order valence-corrected chi connectivity index (χ3v) is 6.57. The topological polar surface area (TPSA) is 27.0 Å². The van der Waals surface area contributed by atoms with Gasteiger partial charge in [0.25, 0.3) is 0 Å². The lowest BCUT2D eigenvalue weighted by molar-refractivity contribution is 0.149. The summed E-state index contributed by atoms with van der Waals surface area (Å²) in [6.07, 6.45) is 3.87. The number of nitriles is 1. The molecule has 0 amide bonds. The van der Waals surface area contributed by atoms with E-state index in [1.807, 2.05) is 6.07 Å². The van der Waals surface area contributed by atoms with E-state index in [4.69, 9.17) is 0 Å². The average Bonchev–Trinajstić information content (AvgIpc) is 3.57. The van der Waals surface area contributed by atoms with Gasteiger partial charge < -0.3 is 0 Å². The summed E-state index contributed by atoms with van der Waals surface area (Å²) in [7, 11) is 0. The highest BCUT2D eigenvalue weighted by Crippen LogP contribution is 2.51. The van der Waals surface area contributed by atoms with E-state index in [9.17, 15) is 14.0 Å². The summed E-state index contributed by atoms with van der Waals surface area (Å²) >= 11 is 0. The van der Waals surface area contributed by atoms with E-state index >= 15 is 0 Å². The quantitative estimate of drug-likeness (QED) is 0.462. The van der Waals surface area contributed by atoms with E-state index < -0.39 is 17.0 Å². The minimum absolute atomic E-state index is 0.0254. The fraction of sp³-hybridized carbons (Fsp3) is 0.500. The van der Waals surface area contributed by atoms with Gasteiger partial charge in [-0.3, -0.25) is 4.90 Å². The Morgan fingerprint density at radius 3 is 2.20 bits per heavy atom. The first-order valence-corrected chi connectivity index (χ1v) is 11.0. The van der Waals surface area contributed by atoms with Crippen LogP contribution >= 0.6 is 0 Å². The Labute approximate surface area is 179 Å². The standard InChI is InChI=1S/C26H32F2N2/c1-19(2)30(17-15-21-8-5-4-6-9-21)20(3)14-16-26(18-29,22-12-13-22)25-23(27)10-7-11-24(25)28/h4-11,19-20,22H,12-17H2,1-3H3. The highest BCUT2D eigenvalue weighted by atomic mass is 19.1. The number of benzene rings is 2. The Balaban J connectivity index is 1.75. The molecule has 2 unspecified atom stereocenters. The van der Waals surface area contributed by atoms with Crippen molar-refractivity contribution in [3.8, 4) is 6.07 Å². The van der Waals surface area contributed by atoms with Gasteiger partial charge in [-0.25, -0.2) is 8.78 Å². The second-order valence-corrected chi connectivity index (χ2v) is 8.91. The minimum atomic E-state index is -1.08. The van der Waals surface area contributed by atoms with Crippen LogP contribution in [0.1, 0.15) is 57.6 Å². The summed E-state index contributed by atoms with van der Waals surface area (Å²) in [6, 6.07) is 17.3. The van der Waals surface area contributed by atoms with Crippen molar-refractivity contribution >= 4 is 0 Å². The molecule has 0 aliphatic heterocycles. The molecule has 1 aliphatic carbocycles. The van der Waals surface area contributed by atoms with Crippen molar-refractivity contribution in [1.29, 1.82) is 5.26 Å². The molecule has 0 saturated heterocycles. The first kappa shape index (κ1) is 22.4. The fourth-order valence-electron chi connectivity index (χ4n) is 4.73. The molecule has 2 nitrogen and oxygen atoms in total. The highest BCUT2D eigenvalue weighted by Gasteiger charge is 2.49. The van der Waals surface area contributed by atoms with Gasteiger partial charge in [-0.2, -0.15) is 5.26 Å². The molecule has 2 atom stereocenters. The third-order valence-electron chi connectivity index (χ3n) is 6.57. The molecular weight excluding hydrogens is 378 g/mol. The molecule has 2 aromatic carbocycles. The molecule has 0 bridgehead atoms. The Kier molecular flexibility index (Phi) is 7.26. The average molecular weight is 411 g/mol. The van der Waals surface area contributed by atoms with E-state index in [1.165, 1.54) is 23.8 Å². The maximum absolute atomic E-state index is 14.6. The predicted molar refractivity (Wildman–Crippen MR) is 117 cm³/mol. The van der Waals surface area contributed by atoms with Gasteiger partial charge in [0.1, 0.15) is 11.6 Å². The zero-order chi connectivity index (χ0) is 21.7. The van der Waals surface area contributed by atoms with Crippen LogP contribution < -0.4 is 0 Å². The molecule has 3 rings (SSSR count). The Morgan fingerprint density at radius 1 is 1.03 bits per heavy atom. The van der Waals surface area contributed by atoms with Crippen LogP contribution in [0.5, 0.6) is 0 Å². The maximum Gasteiger partial charge on any atom is 0.130 e. The van der Waals surface area contributed by atoms with E-state index in [1.54, 1.807) is 0 Å². The van der Waals surface area contributed by atoms with Gasteiger partial charge in [-0.15, -0.1) is 0 Å². The summed E-state index contributed by atoms with van der Waals surface area (Å²) < 4.78 is 29.3. The second-order valence-electron chi connectivity index (χ2n) is 8.91. The molecule has 1 aliphatic rings. The van der Waals surface area contributed by atoms with Crippen LogP contribution in [0.25, 0.3) is 0 Å². The van der Waals surface area contributed by atoms with Crippen molar-refractivity contribution in [3.63, 3.8) is 0 Å². The molecule has 0 spiro atoms. The molecule has 160 valence electrons. The SMILES string of the molecule is CC(C)N(CCc1ccccc1)C(C)CCC(C#N)(c1c(F)cccc1F)C1CC1. The van der Waals surface area contributed by atoms with Crippen molar-refractivity contribution in [3.05, 3.63) is 71.3 Å². The van der Waals surface area contributed by atoms with E-state index in [0.29, 0.717) is 12.5 Å². The minimum Gasteiger partial charge on any atom is -0.298 e. The van der Waals surface area contributed by atoms with Crippen molar-refractivity contribution in [2.24, 2.45) is 5.92 Å². The molecule has 2 aromatic rings. The summed E-state index contributed by atoms with van der Waals surface area (Å²) in [4.78, 5) is 2.43. The van der Waals surface area contributed by atoms with Gasteiger partial charge >= 0.3 is 0 Å². The van der Waals surface area contributed by atoms with Gasteiger partial charge in [0, 0.05) is 24.2 Å². The van der Waals surface area contributed by atoms with Crippen LogP contribution in [0.15, 0.2) is 48.5 Å². The van der Waals surface area contributed by atoms with Crippen LogP contribution in [0.3, 0.4) is 0 Å². The molecule has 4 heteroatoms. The van der Waals surface area contributed by atoms with Crippen molar-refractivity contribution in [1.82, 2.24) is 4.90 Å². The zero-order valence-corrected chi connectivity index (χ0v) is 18.2. The highest BCUT2D eigenvalue weighted by molar-refractivity contribution is 5.38. The van der Waals surface area contributed by atoms with Crippen LogP contribution in [0.2, 0.25) is 0 Å².